The third-order valence-electron chi connectivity index (χ3n) is 4.90. The number of guanidine groups is 1. The fourth-order valence-electron chi connectivity index (χ4n) is 3.41. The molecule has 0 saturated heterocycles. The van der Waals surface area contributed by atoms with Gasteiger partial charge >= 0.3 is 0 Å². The summed E-state index contributed by atoms with van der Waals surface area (Å²) in [5.41, 5.74) is 2.92. The van der Waals surface area contributed by atoms with Gasteiger partial charge in [-0.15, -0.1) is 0 Å². The summed E-state index contributed by atoms with van der Waals surface area (Å²) in [4.78, 5) is 7.84. The van der Waals surface area contributed by atoms with Crippen molar-refractivity contribution in [2.45, 2.75) is 19.9 Å². The van der Waals surface area contributed by atoms with Crippen LogP contribution in [0.2, 0.25) is 0 Å². The highest BCUT2D eigenvalue weighted by molar-refractivity contribution is 5.83. The number of hydrogen-bond donors (Lipinski definition) is 3. The lowest BCUT2D eigenvalue weighted by Gasteiger charge is -2.14. The van der Waals surface area contributed by atoms with Gasteiger partial charge in [-0.05, 0) is 54.8 Å². The molecule has 1 aromatic heterocycles. The average molecular weight is 429 g/mol. The van der Waals surface area contributed by atoms with Crippen LogP contribution < -0.4 is 24.8 Å². The Morgan fingerprint density at radius 3 is 2.42 bits per heavy atom. The molecule has 1 heterocycles. The maximum absolute atomic E-state index is 13.6. The zero-order valence-corrected chi connectivity index (χ0v) is 18.3. The Morgan fingerprint density at radius 2 is 1.77 bits per heavy atom. The first-order valence-corrected chi connectivity index (χ1v) is 10.2. The zero-order chi connectivity index (χ0) is 22.2. The predicted octanol–water partition coefficient (Wildman–Crippen LogP) is 3.63. The van der Waals surface area contributed by atoms with Gasteiger partial charge in [-0.3, -0.25) is 0 Å². The second-order valence-corrected chi connectivity index (χ2v) is 6.91. The number of aliphatic imine (C=N–C) groups is 1. The monoisotopic (exact) mass is 428 g/mol. The molecule has 166 valence electrons. The number of rotatable bonds is 9. The SMILES string of the molecule is CCNC(=NCc1cc(OC)c(OC)c(OC)c1)NCCc1c[nH]c2ccc(F)cc12. The van der Waals surface area contributed by atoms with E-state index in [2.05, 4.69) is 20.6 Å². The van der Waals surface area contributed by atoms with Gasteiger partial charge in [-0.2, -0.15) is 0 Å². The first-order chi connectivity index (χ1) is 15.1. The van der Waals surface area contributed by atoms with Gasteiger partial charge in [0, 0.05) is 30.2 Å². The van der Waals surface area contributed by atoms with Crippen molar-refractivity contribution in [3.8, 4) is 17.2 Å². The van der Waals surface area contributed by atoms with Crippen LogP contribution in [0.4, 0.5) is 4.39 Å². The van der Waals surface area contributed by atoms with E-state index in [1.807, 2.05) is 25.3 Å². The van der Waals surface area contributed by atoms with E-state index < -0.39 is 0 Å². The van der Waals surface area contributed by atoms with Crippen LogP contribution in [-0.2, 0) is 13.0 Å². The van der Waals surface area contributed by atoms with E-state index in [-0.39, 0.29) is 5.82 Å². The Hall–Kier alpha value is -3.42. The summed E-state index contributed by atoms with van der Waals surface area (Å²) in [5.74, 6) is 2.20. The zero-order valence-electron chi connectivity index (χ0n) is 18.3. The van der Waals surface area contributed by atoms with Gasteiger partial charge in [-0.25, -0.2) is 9.38 Å². The number of methoxy groups -OCH3 is 3. The molecule has 0 unspecified atom stereocenters. The molecule has 0 radical (unpaired) electrons. The van der Waals surface area contributed by atoms with Crippen molar-refractivity contribution < 1.29 is 18.6 Å². The minimum Gasteiger partial charge on any atom is -0.493 e. The van der Waals surface area contributed by atoms with Crippen molar-refractivity contribution in [3.63, 3.8) is 0 Å². The summed E-state index contributed by atoms with van der Waals surface area (Å²) in [6.45, 7) is 3.84. The van der Waals surface area contributed by atoms with E-state index >= 15 is 0 Å². The van der Waals surface area contributed by atoms with E-state index in [9.17, 15) is 4.39 Å². The summed E-state index contributed by atoms with van der Waals surface area (Å²) in [6.07, 6.45) is 2.66. The Labute approximate surface area is 181 Å². The van der Waals surface area contributed by atoms with Crippen molar-refractivity contribution in [1.29, 1.82) is 0 Å². The Balaban J connectivity index is 1.68. The molecule has 0 fully saturated rings. The van der Waals surface area contributed by atoms with Crippen LogP contribution in [0.3, 0.4) is 0 Å². The van der Waals surface area contributed by atoms with Crippen LogP contribution in [-0.4, -0.2) is 45.4 Å². The Morgan fingerprint density at radius 1 is 1.03 bits per heavy atom. The Bertz CT molecular complexity index is 1020. The molecule has 3 N–H and O–H groups in total. The minimum absolute atomic E-state index is 0.235. The van der Waals surface area contributed by atoms with Crippen molar-refractivity contribution in [2.24, 2.45) is 4.99 Å². The van der Waals surface area contributed by atoms with Gasteiger partial charge in [0.05, 0.1) is 27.9 Å². The minimum atomic E-state index is -0.235. The number of benzene rings is 2. The number of nitrogens with zero attached hydrogens (tertiary/aromatic N) is 1. The lowest BCUT2D eigenvalue weighted by molar-refractivity contribution is 0.324. The number of hydrogen-bond acceptors (Lipinski definition) is 4. The van der Waals surface area contributed by atoms with Gasteiger partial charge in [0.2, 0.25) is 5.75 Å². The van der Waals surface area contributed by atoms with Crippen LogP contribution >= 0.6 is 0 Å². The summed E-state index contributed by atoms with van der Waals surface area (Å²) in [5, 5.41) is 7.48. The molecular formula is C23H29FN4O3. The smallest absolute Gasteiger partial charge is 0.203 e. The van der Waals surface area contributed by atoms with Gasteiger partial charge < -0.3 is 29.8 Å². The molecule has 0 amide bonds. The van der Waals surface area contributed by atoms with E-state index in [1.54, 1.807) is 33.5 Å². The molecule has 0 saturated carbocycles. The highest BCUT2D eigenvalue weighted by Crippen LogP contribution is 2.38. The van der Waals surface area contributed by atoms with E-state index in [0.717, 1.165) is 35.0 Å². The molecule has 3 aromatic rings. The van der Waals surface area contributed by atoms with Gasteiger partial charge in [0.1, 0.15) is 5.82 Å². The summed E-state index contributed by atoms with van der Waals surface area (Å²) >= 11 is 0. The second kappa shape index (κ2) is 10.6. The number of ether oxygens (including phenoxy) is 3. The van der Waals surface area contributed by atoms with Crippen molar-refractivity contribution in [1.82, 2.24) is 15.6 Å². The van der Waals surface area contributed by atoms with Crippen molar-refractivity contribution in [3.05, 3.63) is 53.5 Å². The molecule has 0 aliphatic rings. The van der Waals surface area contributed by atoms with Gasteiger partial charge in [0.15, 0.2) is 17.5 Å². The second-order valence-electron chi connectivity index (χ2n) is 6.91. The topological polar surface area (TPSA) is 79.9 Å². The van der Waals surface area contributed by atoms with Crippen molar-refractivity contribution in [2.75, 3.05) is 34.4 Å². The molecule has 8 heteroatoms. The lowest BCUT2D eigenvalue weighted by Crippen LogP contribution is -2.38. The number of fused-ring (bicyclic) bond motifs is 1. The fourth-order valence-corrected chi connectivity index (χ4v) is 3.41. The maximum atomic E-state index is 13.6. The van der Waals surface area contributed by atoms with Gasteiger partial charge in [0.25, 0.3) is 0 Å². The standard InChI is InChI=1S/C23H29FN4O3/c1-5-25-23(26-9-8-16-14-27-19-7-6-17(24)12-18(16)19)28-13-15-10-20(29-2)22(31-4)21(11-15)30-3/h6-7,10-12,14,27H,5,8-9,13H2,1-4H3,(H2,25,26,28). The highest BCUT2D eigenvalue weighted by atomic mass is 19.1. The molecular weight excluding hydrogens is 399 g/mol. The average Bonchev–Trinajstić information content (AvgIpc) is 3.18. The predicted molar refractivity (Wildman–Crippen MR) is 121 cm³/mol. The van der Waals surface area contributed by atoms with Crippen LogP contribution in [0.1, 0.15) is 18.1 Å². The number of H-pyrrole nitrogens is 1. The summed E-state index contributed by atoms with van der Waals surface area (Å²) in [6, 6.07) is 8.54. The normalized spacial score (nSPS) is 11.5. The fraction of sp³-hybridized carbons (Fsp3) is 0.348. The molecule has 0 aliphatic carbocycles. The highest BCUT2D eigenvalue weighted by Gasteiger charge is 2.13. The molecule has 2 aromatic carbocycles. The third kappa shape index (κ3) is 5.39. The van der Waals surface area contributed by atoms with Crippen LogP contribution in [0.5, 0.6) is 17.2 Å². The Kier molecular flexibility index (Phi) is 7.59. The van der Waals surface area contributed by atoms with E-state index in [4.69, 9.17) is 14.2 Å². The molecule has 0 atom stereocenters. The molecule has 0 aliphatic heterocycles. The number of aromatic amines is 1. The number of nitrogens with one attached hydrogen (secondary N) is 3. The molecule has 7 nitrogen and oxygen atoms in total. The lowest BCUT2D eigenvalue weighted by atomic mass is 10.1. The summed E-state index contributed by atoms with van der Waals surface area (Å²) in [7, 11) is 4.76. The summed E-state index contributed by atoms with van der Waals surface area (Å²) < 4.78 is 29.8. The van der Waals surface area contributed by atoms with Gasteiger partial charge in [-0.1, -0.05) is 0 Å². The maximum Gasteiger partial charge on any atom is 0.203 e. The van der Waals surface area contributed by atoms with E-state index in [1.165, 1.54) is 6.07 Å². The first kappa shape index (κ1) is 22.3. The van der Waals surface area contributed by atoms with Crippen molar-refractivity contribution >= 4 is 16.9 Å². The largest absolute Gasteiger partial charge is 0.493 e. The van der Waals surface area contributed by atoms with Crippen LogP contribution in [0.15, 0.2) is 41.5 Å². The number of aromatic nitrogens is 1. The molecule has 3 rings (SSSR count). The first-order valence-electron chi connectivity index (χ1n) is 10.2. The van der Waals surface area contributed by atoms with Crippen LogP contribution in [0.25, 0.3) is 10.9 Å². The third-order valence-corrected chi connectivity index (χ3v) is 4.90. The molecule has 0 spiro atoms. The molecule has 0 bridgehead atoms. The number of halogens is 1. The molecule has 31 heavy (non-hydrogen) atoms. The van der Waals surface area contributed by atoms with E-state index in [0.29, 0.717) is 36.3 Å². The quantitative estimate of drug-likeness (QED) is 0.358. The van der Waals surface area contributed by atoms with Crippen LogP contribution in [0, 0.1) is 5.82 Å².